The van der Waals surface area contributed by atoms with Gasteiger partial charge >= 0.3 is 0 Å². The maximum Gasteiger partial charge on any atom is 0.255 e. The van der Waals surface area contributed by atoms with Gasteiger partial charge in [0.05, 0.1) is 0 Å². The van der Waals surface area contributed by atoms with E-state index in [0.717, 1.165) is 43.1 Å². The first-order chi connectivity index (χ1) is 13.9. The standard InChI is InChI=1S/C22H28Cl2N4O/c1-4-19-18(14-17-8-6-15(2)7-9-17)21(26-16(3)25-19)27-10-5-11-28(13-12-27)22(29)20(23)24/h6-9,20H,4-5,10-14H2,1-3H3. The van der Waals surface area contributed by atoms with Crippen LogP contribution in [0.3, 0.4) is 0 Å². The largest absolute Gasteiger partial charge is 0.354 e. The molecule has 5 nitrogen and oxygen atoms in total. The van der Waals surface area contributed by atoms with Gasteiger partial charge in [0, 0.05) is 43.9 Å². The summed E-state index contributed by atoms with van der Waals surface area (Å²) in [7, 11) is 0. The Balaban J connectivity index is 1.90. The molecule has 156 valence electrons. The van der Waals surface area contributed by atoms with Gasteiger partial charge in [-0.1, -0.05) is 60.0 Å². The zero-order chi connectivity index (χ0) is 21.0. The average molecular weight is 435 g/mol. The van der Waals surface area contributed by atoms with Crippen LogP contribution in [0.15, 0.2) is 24.3 Å². The lowest BCUT2D eigenvalue weighted by atomic mass is 10.0. The summed E-state index contributed by atoms with van der Waals surface area (Å²) in [6.45, 7) is 8.95. The summed E-state index contributed by atoms with van der Waals surface area (Å²) in [5.41, 5.74) is 4.76. The molecule has 1 fully saturated rings. The van der Waals surface area contributed by atoms with Crippen molar-refractivity contribution in [3.8, 4) is 0 Å². The van der Waals surface area contributed by atoms with Gasteiger partial charge in [0.1, 0.15) is 11.6 Å². The van der Waals surface area contributed by atoms with Crippen LogP contribution in [0, 0.1) is 13.8 Å². The highest BCUT2D eigenvalue weighted by molar-refractivity contribution is 6.53. The lowest BCUT2D eigenvalue weighted by molar-refractivity contribution is -0.129. The Morgan fingerprint density at radius 2 is 1.79 bits per heavy atom. The fraction of sp³-hybridized carbons (Fsp3) is 0.500. The van der Waals surface area contributed by atoms with Crippen molar-refractivity contribution in [2.24, 2.45) is 0 Å². The molecule has 0 saturated carbocycles. The minimum Gasteiger partial charge on any atom is -0.354 e. The molecule has 1 aliphatic rings. The summed E-state index contributed by atoms with van der Waals surface area (Å²) >= 11 is 11.6. The van der Waals surface area contributed by atoms with E-state index in [4.69, 9.17) is 33.2 Å². The molecular weight excluding hydrogens is 407 g/mol. The van der Waals surface area contributed by atoms with E-state index in [1.807, 2.05) is 6.92 Å². The third kappa shape index (κ3) is 5.40. The molecule has 0 N–H and O–H groups in total. The van der Waals surface area contributed by atoms with Crippen LogP contribution in [0.2, 0.25) is 0 Å². The molecule has 29 heavy (non-hydrogen) atoms. The molecular formula is C22H28Cl2N4O. The molecule has 0 radical (unpaired) electrons. The van der Waals surface area contributed by atoms with E-state index in [2.05, 4.69) is 43.0 Å². The van der Waals surface area contributed by atoms with Gasteiger partial charge in [-0.25, -0.2) is 9.97 Å². The van der Waals surface area contributed by atoms with Crippen LogP contribution in [-0.4, -0.2) is 51.8 Å². The van der Waals surface area contributed by atoms with Crippen molar-refractivity contribution in [1.29, 1.82) is 0 Å². The zero-order valence-corrected chi connectivity index (χ0v) is 18.8. The molecule has 1 aromatic carbocycles. The molecule has 0 aliphatic carbocycles. The Morgan fingerprint density at radius 3 is 2.45 bits per heavy atom. The second kappa shape index (κ2) is 9.77. The van der Waals surface area contributed by atoms with E-state index >= 15 is 0 Å². The van der Waals surface area contributed by atoms with Crippen LogP contribution in [0.4, 0.5) is 5.82 Å². The number of aryl methyl sites for hydroxylation is 3. The number of carbonyl (C=O) groups is 1. The number of alkyl halides is 2. The number of hydrogen-bond acceptors (Lipinski definition) is 4. The molecule has 3 rings (SSSR count). The number of rotatable bonds is 5. The molecule has 1 aromatic heterocycles. The van der Waals surface area contributed by atoms with Gasteiger partial charge < -0.3 is 9.80 Å². The SMILES string of the molecule is CCc1nc(C)nc(N2CCCN(C(=O)C(Cl)Cl)CC2)c1Cc1ccc(C)cc1. The summed E-state index contributed by atoms with van der Waals surface area (Å²) in [6.07, 6.45) is 2.50. The van der Waals surface area contributed by atoms with Gasteiger partial charge in [-0.05, 0) is 32.3 Å². The molecule has 7 heteroatoms. The van der Waals surface area contributed by atoms with Gasteiger partial charge in [-0.15, -0.1) is 0 Å². The number of aromatic nitrogens is 2. The number of nitrogens with zero attached hydrogens (tertiary/aromatic N) is 4. The van der Waals surface area contributed by atoms with Crippen molar-refractivity contribution >= 4 is 34.9 Å². The smallest absolute Gasteiger partial charge is 0.255 e. The Kier molecular flexibility index (Phi) is 7.36. The summed E-state index contributed by atoms with van der Waals surface area (Å²) in [4.78, 5) is 24.8. The van der Waals surface area contributed by atoms with E-state index in [0.29, 0.717) is 19.6 Å². The second-order valence-corrected chi connectivity index (χ2v) is 8.60. The van der Waals surface area contributed by atoms with E-state index in [-0.39, 0.29) is 5.91 Å². The number of carbonyl (C=O) groups excluding carboxylic acids is 1. The molecule has 0 unspecified atom stereocenters. The molecule has 1 aliphatic heterocycles. The summed E-state index contributed by atoms with van der Waals surface area (Å²) in [5.74, 6) is 1.55. The van der Waals surface area contributed by atoms with Crippen LogP contribution in [0.1, 0.15) is 41.6 Å². The maximum atomic E-state index is 12.2. The van der Waals surface area contributed by atoms with Gasteiger partial charge in [0.25, 0.3) is 5.91 Å². The van der Waals surface area contributed by atoms with Crippen molar-refractivity contribution in [2.45, 2.75) is 44.9 Å². The van der Waals surface area contributed by atoms with Crippen molar-refractivity contribution in [2.75, 3.05) is 31.1 Å². The van der Waals surface area contributed by atoms with Crippen LogP contribution >= 0.6 is 23.2 Å². The lowest BCUT2D eigenvalue weighted by Gasteiger charge is -2.26. The second-order valence-electron chi connectivity index (χ2n) is 7.50. The fourth-order valence-corrected chi connectivity index (χ4v) is 4.05. The van der Waals surface area contributed by atoms with Gasteiger partial charge in [0.15, 0.2) is 4.84 Å². The number of benzene rings is 1. The highest BCUT2D eigenvalue weighted by Gasteiger charge is 2.25. The lowest BCUT2D eigenvalue weighted by Crippen LogP contribution is -2.38. The minimum absolute atomic E-state index is 0.219. The van der Waals surface area contributed by atoms with Gasteiger partial charge in [-0.2, -0.15) is 0 Å². The number of hydrogen-bond donors (Lipinski definition) is 0. The van der Waals surface area contributed by atoms with Crippen molar-refractivity contribution in [3.05, 3.63) is 52.5 Å². The first kappa shape index (κ1) is 21.8. The topological polar surface area (TPSA) is 49.3 Å². The third-order valence-corrected chi connectivity index (χ3v) is 5.69. The quantitative estimate of drug-likeness (QED) is 0.664. The van der Waals surface area contributed by atoms with Crippen LogP contribution in [0.5, 0.6) is 0 Å². The van der Waals surface area contributed by atoms with Crippen molar-refractivity contribution in [1.82, 2.24) is 14.9 Å². The Bertz CT molecular complexity index is 855. The van der Waals surface area contributed by atoms with Crippen LogP contribution < -0.4 is 4.90 Å². The molecule has 1 saturated heterocycles. The molecule has 0 atom stereocenters. The van der Waals surface area contributed by atoms with Crippen LogP contribution in [0.25, 0.3) is 0 Å². The highest BCUT2D eigenvalue weighted by Crippen LogP contribution is 2.26. The number of anilines is 1. The molecule has 2 heterocycles. The highest BCUT2D eigenvalue weighted by atomic mass is 35.5. The van der Waals surface area contributed by atoms with Crippen molar-refractivity contribution < 1.29 is 4.79 Å². The predicted molar refractivity (Wildman–Crippen MR) is 119 cm³/mol. The first-order valence-electron chi connectivity index (χ1n) is 10.1. The molecule has 1 amide bonds. The van der Waals surface area contributed by atoms with Gasteiger partial charge in [0.2, 0.25) is 0 Å². The molecule has 0 spiro atoms. The first-order valence-corrected chi connectivity index (χ1v) is 11.0. The van der Waals surface area contributed by atoms with Gasteiger partial charge in [-0.3, -0.25) is 4.79 Å². The van der Waals surface area contributed by atoms with E-state index in [1.165, 1.54) is 16.7 Å². The maximum absolute atomic E-state index is 12.2. The summed E-state index contributed by atoms with van der Waals surface area (Å²) in [6, 6.07) is 8.62. The summed E-state index contributed by atoms with van der Waals surface area (Å²) in [5, 5.41) is 0. The average Bonchev–Trinajstić information content (AvgIpc) is 2.96. The number of halogens is 2. The van der Waals surface area contributed by atoms with Crippen molar-refractivity contribution in [3.63, 3.8) is 0 Å². The zero-order valence-electron chi connectivity index (χ0n) is 17.3. The monoisotopic (exact) mass is 434 g/mol. The van der Waals surface area contributed by atoms with E-state index in [1.54, 1.807) is 4.90 Å². The molecule has 0 bridgehead atoms. The van der Waals surface area contributed by atoms with E-state index in [9.17, 15) is 4.79 Å². The van der Waals surface area contributed by atoms with Crippen LogP contribution in [-0.2, 0) is 17.6 Å². The molecule has 2 aromatic rings. The Labute approximate surface area is 183 Å². The summed E-state index contributed by atoms with van der Waals surface area (Å²) < 4.78 is 0. The Morgan fingerprint density at radius 1 is 1.07 bits per heavy atom. The Hall–Kier alpha value is -1.85. The normalized spacial score (nSPS) is 15.0. The third-order valence-electron chi connectivity index (χ3n) is 5.31. The minimum atomic E-state index is -1.01. The number of amides is 1. The fourth-order valence-electron chi connectivity index (χ4n) is 3.77. The predicted octanol–water partition coefficient (Wildman–Crippen LogP) is 4.09. The van der Waals surface area contributed by atoms with E-state index < -0.39 is 4.84 Å².